The molecule has 0 bridgehead atoms. The molecule has 5 nitrogen and oxygen atoms in total. The highest BCUT2D eigenvalue weighted by Crippen LogP contribution is 2.37. The van der Waals surface area contributed by atoms with E-state index in [9.17, 15) is 9.59 Å². The fraction of sp³-hybridized carbons (Fsp3) is 0.263. The number of hydrogen-bond donors (Lipinski definition) is 2. The lowest BCUT2D eigenvalue weighted by Crippen LogP contribution is -2.44. The molecule has 2 aliphatic heterocycles. The van der Waals surface area contributed by atoms with E-state index < -0.39 is 0 Å². The number of benzene rings is 2. The first-order valence-corrected chi connectivity index (χ1v) is 8.74. The summed E-state index contributed by atoms with van der Waals surface area (Å²) < 4.78 is 0. The Morgan fingerprint density at radius 2 is 2.16 bits per heavy atom. The SMILES string of the molecule is O=C(NCc1cccc(Cl)c1)c1ccc2c(c1)NC(=O)[C@@H]1CCCN21. The highest BCUT2D eigenvalue weighted by Gasteiger charge is 2.36. The van der Waals surface area contributed by atoms with E-state index in [1.54, 1.807) is 18.2 Å². The van der Waals surface area contributed by atoms with Gasteiger partial charge < -0.3 is 15.5 Å². The lowest BCUT2D eigenvalue weighted by molar-refractivity contribution is -0.117. The Bertz CT molecular complexity index is 852. The van der Waals surface area contributed by atoms with Crippen molar-refractivity contribution in [2.24, 2.45) is 0 Å². The lowest BCUT2D eigenvalue weighted by Gasteiger charge is -2.33. The first-order valence-electron chi connectivity index (χ1n) is 8.36. The highest BCUT2D eigenvalue weighted by molar-refractivity contribution is 6.30. The van der Waals surface area contributed by atoms with Crippen molar-refractivity contribution >= 4 is 34.8 Å². The van der Waals surface area contributed by atoms with Gasteiger partial charge in [0.15, 0.2) is 0 Å². The Hall–Kier alpha value is -2.53. The largest absolute Gasteiger partial charge is 0.358 e. The van der Waals surface area contributed by atoms with Crippen molar-refractivity contribution in [1.82, 2.24) is 5.32 Å². The van der Waals surface area contributed by atoms with Gasteiger partial charge in [-0.25, -0.2) is 0 Å². The summed E-state index contributed by atoms with van der Waals surface area (Å²) in [7, 11) is 0. The van der Waals surface area contributed by atoms with Crippen LogP contribution in [-0.4, -0.2) is 24.4 Å². The van der Waals surface area contributed by atoms with Gasteiger partial charge in [-0.1, -0.05) is 23.7 Å². The molecule has 2 aromatic rings. The second kappa shape index (κ2) is 6.41. The number of hydrogen-bond acceptors (Lipinski definition) is 3. The Labute approximate surface area is 151 Å². The van der Waals surface area contributed by atoms with Gasteiger partial charge in [-0.15, -0.1) is 0 Å². The molecule has 1 fully saturated rings. The first-order chi connectivity index (χ1) is 12.1. The highest BCUT2D eigenvalue weighted by atomic mass is 35.5. The van der Waals surface area contributed by atoms with Gasteiger partial charge in [0.1, 0.15) is 6.04 Å². The first kappa shape index (κ1) is 16.0. The van der Waals surface area contributed by atoms with Crippen molar-refractivity contribution in [1.29, 1.82) is 0 Å². The molecule has 2 amide bonds. The van der Waals surface area contributed by atoms with Crippen LogP contribution in [0.15, 0.2) is 42.5 Å². The number of nitrogens with one attached hydrogen (secondary N) is 2. The summed E-state index contributed by atoms with van der Waals surface area (Å²) in [6, 6.07) is 12.8. The molecule has 25 heavy (non-hydrogen) atoms. The minimum atomic E-state index is -0.180. The minimum absolute atomic E-state index is 0.0153. The summed E-state index contributed by atoms with van der Waals surface area (Å²) in [6.07, 6.45) is 1.90. The molecule has 0 aliphatic carbocycles. The zero-order valence-electron chi connectivity index (χ0n) is 13.6. The molecular weight excluding hydrogens is 338 g/mol. The van der Waals surface area contributed by atoms with E-state index in [1.165, 1.54) is 0 Å². The Morgan fingerprint density at radius 3 is 3.00 bits per heavy atom. The zero-order valence-corrected chi connectivity index (χ0v) is 14.3. The average molecular weight is 356 g/mol. The number of fused-ring (bicyclic) bond motifs is 3. The summed E-state index contributed by atoms with van der Waals surface area (Å²) >= 11 is 5.96. The molecule has 128 valence electrons. The third-order valence-corrected chi connectivity index (χ3v) is 4.96. The van der Waals surface area contributed by atoms with Gasteiger partial charge in [0.25, 0.3) is 5.91 Å². The maximum absolute atomic E-state index is 12.4. The lowest BCUT2D eigenvalue weighted by atomic mass is 10.1. The fourth-order valence-electron chi connectivity index (χ4n) is 3.50. The quantitative estimate of drug-likeness (QED) is 0.888. The Morgan fingerprint density at radius 1 is 1.28 bits per heavy atom. The van der Waals surface area contributed by atoms with Crippen LogP contribution in [0.3, 0.4) is 0 Å². The predicted octanol–water partition coefficient (Wildman–Crippen LogP) is 3.19. The maximum Gasteiger partial charge on any atom is 0.251 e. The molecular formula is C19H18ClN3O2. The van der Waals surface area contributed by atoms with Gasteiger partial charge in [0, 0.05) is 23.7 Å². The zero-order chi connectivity index (χ0) is 17.4. The van der Waals surface area contributed by atoms with Crippen molar-refractivity contribution in [3.8, 4) is 0 Å². The maximum atomic E-state index is 12.4. The Kier molecular flexibility index (Phi) is 4.09. The van der Waals surface area contributed by atoms with Crippen LogP contribution in [0, 0.1) is 0 Å². The van der Waals surface area contributed by atoms with Crippen LogP contribution in [0.1, 0.15) is 28.8 Å². The number of carbonyl (C=O) groups excluding carboxylic acids is 2. The molecule has 2 heterocycles. The van der Waals surface area contributed by atoms with E-state index in [0.717, 1.165) is 30.6 Å². The monoisotopic (exact) mass is 355 g/mol. The van der Waals surface area contributed by atoms with Crippen molar-refractivity contribution < 1.29 is 9.59 Å². The van der Waals surface area contributed by atoms with E-state index in [4.69, 9.17) is 11.6 Å². The summed E-state index contributed by atoms with van der Waals surface area (Å²) in [5.41, 5.74) is 3.16. The summed E-state index contributed by atoms with van der Waals surface area (Å²) in [5, 5.41) is 6.45. The standard InChI is InChI=1S/C19H18ClN3O2/c20-14-4-1-3-12(9-14)11-21-18(24)13-6-7-16-15(10-13)22-19(25)17-5-2-8-23(16)17/h1,3-4,6-7,9-10,17H,2,5,8,11H2,(H,21,24)(H,22,25)/t17-/m0/s1. The van der Waals surface area contributed by atoms with Crippen molar-refractivity contribution in [3.63, 3.8) is 0 Å². The number of nitrogens with zero attached hydrogens (tertiary/aromatic N) is 1. The molecule has 0 aromatic heterocycles. The van der Waals surface area contributed by atoms with Crippen LogP contribution in [-0.2, 0) is 11.3 Å². The van der Waals surface area contributed by atoms with E-state index in [2.05, 4.69) is 15.5 Å². The van der Waals surface area contributed by atoms with Gasteiger partial charge in [-0.05, 0) is 48.7 Å². The smallest absolute Gasteiger partial charge is 0.251 e. The fourth-order valence-corrected chi connectivity index (χ4v) is 3.72. The van der Waals surface area contributed by atoms with Crippen LogP contribution in [0.5, 0.6) is 0 Å². The Balaban J connectivity index is 1.51. The normalized spacial score (nSPS) is 18.4. The molecule has 1 atom stereocenters. The molecule has 2 aliphatic rings. The van der Waals surface area contributed by atoms with E-state index in [-0.39, 0.29) is 17.9 Å². The summed E-state index contributed by atoms with van der Waals surface area (Å²) in [6.45, 7) is 1.28. The molecule has 4 rings (SSSR count). The van der Waals surface area contributed by atoms with Crippen molar-refractivity contribution in [3.05, 3.63) is 58.6 Å². The van der Waals surface area contributed by atoms with Crippen LogP contribution in [0.25, 0.3) is 0 Å². The third kappa shape index (κ3) is 3.07. The van der Waals surface area contributed by atoms with Crippen LogP contribution < -0.4 is 15.5 Å². The van der Waals surface area contributed by atoms with Gasteiger partial charge >= 0.3 is 0 Å². The third-order valence-electron chi connectivity index (χ3n) is 4.72. The molecule has 0 radical (unpaired) electrons. The topological polar surface area (TPSA) is 61.4 Å². The molecule has 1 saturated heterocycles. The minimum Gasteiger partial charge on any atom is -0.358 e. The van der Waals surface area contributed by atoms with E-state index >= 15 is 0 Å². The van der Waals surface area contributed by atoms with Crippen LogP contribution in [0.2, 0.25) is 5.02 Å². The van der Waals surface area contributed by atoms with Gasteiger partial charge in [-0.2, -0.15) is 0 Å². The average Bonchev–Trinajstić information content (AvgIpc) is 3.10. The van der Waals surface area contributed by atoms with Gasteiger partial charge in [-0.3, -0.25) is 9.59 Å². The molecule has 2 aromatic carbocycles. The number of carbonyl (C=O) groups is 2. The summed E-state index contributed by atoms with van der Waals surface area (Å²) in [5.74, 6) is -0.165. The molecule has 0 spiro atoms. The van der Waals surface area contributed by atoms with Crippen molar-refractivity contribution in [2.45, 2.75) is 25.4 Å². The molecule has 0 unspecified atom stereocenters. The van der Waals surface area contributed by atoms with E-state index in [1.807, 2.05) is 24.3 Å². The van der Waals surface area contributed by atoms with Crippen molar-refractivity contribution in [2.75, 3.05) is 16.8 Å². The second-order valence-electron chi connectivity index (χ2n) is 6.39. The van der Waals surface area contributed by atoms with Gasteiger partial charge in [0.2, 0.25) is 5.91 Å². The summed E-state index contributed by atoms with van der Waals surface area (Å²) in [4.78, 5) is 26.8. The number of amides is 2. The molecule has 2 N–H and O–H groups in total. The predicted molar refractivity (Wildman–Crippen MR) is 98.1 cm³/mol. The van der Waals surface area contributed by atoms with Gasteiger partial charge in [0.05, 0.1) is 11.4 Å². The van der Waals surface area contributed by atoms with E-state index in [0.29, 0.717) is 22.8 Å². The van der Waals surface area contributed by atoms with Crippen LogP contribution >= 0.6 is 11.6 Å². The van der Waals surface area contributed by atoms with Crippen LogP contribution in [0.4, 0.5) is 11.4 Å². The number of halogens is 1. The number of anilines is 2. The molecule has 6 heteroatoms. The second-order valence-corrected chi connectivity index (χ2v) is 6.82. The molecule has 0 saturated carbocycles. The number of rotatable bonds is 3.